The van der Waals surface area contributed by atoms with Gasteiger partial charge in [-0.25, -0.2) is 0 Å². The van der Waals surface area contributed by atoms with E-state index in [2.05, 4.69) is 32.1 Å². The summed E-state index contributed by atoms with van der Waals surface area (Å²) >= 11 is 0. The van der Waals surface area contributed by atoms with Gasteiger partial charge in [0.15, 0.2) is 6.10 Å². The Morgan fingerprint density at radius 1 is 0.571 bits per heavy atom. The van der Waals surface area contributed by atoms with E-state index in [1.165, 1.54) is 64.2 Å². The van der Waals surface area contributed by atoms with E-state index in [0.717, 1.165) is 32.1 Å². The van der Waals surface area contributed by atoms with Gasteiger partial charge < -0.3 is 14.6 Å². The molecule has 0 aliphatic heterocycles. The molecule has 0 spiro atoms. The highest BCUT2D eigenvalue weighted by Crippen LogP contribution is 2.11. The quantitative estimate of drug-likeness (QED) is 0.0429. The summed E-state index contributed by atoms with van der Waals surface area (Å²) in [6.07, 6.45) is 42.4. The summed E-state index contributed by atoms with van der Waals surface area (Å²) in [7, 11) is 0. The van der Waals surface area contributed by atoms with Crippen LogP contribution in [0.4, 0.5) is 0 Å². The number of unbranched alkanes of at least 4 members (excludes halogenated alkanes) is 12. The molecule has 5 heteroatoms. The summed E-state index contributed by atoms with van der Waals surface area (Å²) in [5.41, 5.74) is 0. The Balaban J connectivity index is 3.74. The molecule has 0 fully saturated rings. The molecule has 0 rings (SSSR count). The van der Waals surface area contributed by atoms with Crippen molar-refractivity contribution in [3.63, 3.8) is 0 Å². The van der Waals surface area contributed by atoms with Gasteiger partial charge >= 0.3 is 11.9 Å². The van der Waals surface area contributed by atoms with Gasteiger partial charge in [0.25, 0.3) is 0 Å². The van der Waals surface area contributed by atoms with Gasteiger partial charge in [0.05, 0.1) is 6.61 Å². The van der Waals surface area contributed by atoms with Crippen molar-refractivity contribution in [1.29, 1.82) is 0 Å². The highest BCUT2D eigenvalue weighted by molar-refractivity contribution is 5.70. The van der Waals surface area contributed by atoms with Gasteiger partial charge in [0, 0.05) is 12.8 Å². The zero-order valence-corrected chi connectivity index (χ0v) is 26.7. The lowest BCUT2D eigenvalue weighted by molar-refractivity contribution is -0.161. The second-order valence-corrected chi connectivity index (χ2v) is 10.6. The van der Waals surface area contributed by atoms with Gasteiger partial charge in [-0.05, 0) is 51.4 Å². The molecule has 0 aromatic carbocycles. The van der Waals surface area contributed by atoms with Crippen molar-refractivity contribution in [3.05, 3.63) is 72.9 Å². The van der Waals surface area contributed by atoms with Crippen molar-refractivity contribution >= 4 is 11.9 Å². The number of rotatable bonds is 28. The van der Waals surface area contributed by atoms with Crippen LogP contribution < -0.4 is 0 Å². The molecule has 1 N–H and O–H groups in total. The molecule has 1 unspecified atom stereocenters. The van der Waals surface area contributed by atoms with Crippen LogP contribution in [0, 0.1) is 0 Å². The fourth-order valence-corrected chi connectivity index (χ4v) is 4.11. The van der Waals surface area contributed by atoms with Crippen LogP contribution >= 0.6 is 0 Å². The number of hydrogen-bond donors (Lipinski definition) is 1. The van der Waals surface area contributed by atoms with Gasteiger partial charge in [-0.1, -0.05) is 138 Å². The number of esters is 2. The Kier molecular flexibility index (Phi) is 30.8. The van der Waals surface area contributed by atoms with Crippen LogP contribution in [-0.4, -0.2) is 36.4 Å². The van der Waals surface area contributed by atoms with Crippen LogP contribution in [0.25, 0.3) is 0 Å². The largest absolute Gasteiger partial charge is 0.462 e. The van der Waals surface area contributed by atoms with Gasteiger partial charge in [-0.3, -0.25) is 9.59 Å². The summed E-state index contributed by atoms with van der Waals surface area (Å²) in [4.78, 5) is 24.1. The van der Waals surface area contributed by atoms with E-state index in [0.29, 0.717) is 12.8 Å². The normalized spacial score (nSPS) is 13.1. The second kappa shape index (κ2) is 32.8. The van der Waals surface area contributed by atoms with Crippen molar-refractivity contribution in [2.24, 2.45) is 0 Å². The monoisotopic (exact) mass is 584 g/mol. The number of carbonyl (C=O) groups excluding carboxylic acids is 2. The van der Waals surface area contributed by atoms with Crippen LogP contribution in [0.1, 0.15) is 129 Å². The van der Waals surface area contributed by atoms with Crippen molar-refractivity contribution in [3.8, 4) is 0 Å². The Hall–Kier alpha value is -2.66. The molecule has 0 saturated heterocycles. The lowest BCUT2D eigenvalue weighted by Crippen LogP contribution is -2.28. The number of aliphatic hydroxyl groups excluding tert-OH is 1. The fraction of sp³-hybridized carbons (Fsp3) is 0.622. The predicted molar refractivity (Wildman–Crippen MR) is 177 cm³/mol. The van der Waals surface area contributed by atoms with Gasteiger partial charge in [0.2, 0.25) is 0 Å². The van der Waals surface area contributed by atoms with E-state index in [9.17, 15) is 14.7 Å². The van der Waals surface area contributed by atoms with Crippen LogP contribution in [0.5, 0.6) is 0 Å². The van der Waals surface area contributed by atoms with Gasteiger partial charge in [-0.15, -0.1) is 0 Å². The summed E-state index contributed by atoms with van der Waals surface area (Å²) in [5, 5.41) is 9.49. The zero-order chi connectivity index (χ0) is 30.8. The second-order valence-electron chi connectivity index (χ2n) is 10.6. The molecular formula is C37H60O5. The zero-order valence-electron chi connectivity index (χ0n) is 26.7. The molecule has 238 valence electrons. The summed E-state index contributed by atoms with van der Waals surface area (Å²) in [5.74, 6) is -0.692. The summed E-state index contributed by atoms with van der Waals surface area (Å²) < 4.78 is 10.5. The average Bonchev–Trinajstić information content (AvgIpc) is 2.99. The molecule has 1 atom stereocenters. The third-order valence-corrected chi connectivity index (χ3v) is 6.61. The maximum absolute atomic E-state index is 12.1. The van der Waals surface area contributed by atoms with Crippen LogP contribution in [-0.2, 0) is 19.1 Å². The third-order valence-electron chi connectivity index (χ3n) is 6.61. The molecule has 0 amide bonds. The lowest BCUT2D eigenvalue weighted by atomic mass is 10.1. The van der Waals surface area contributed by atoms with Crippen molar-refractivity contribution in [2.75, 3.05) is 13.2 Å². The van der Waals surface area contributed by atoms with Crippen molar-refractivity contribution in [2.45, 2.75) is 136 Å². The number of carbonyl (C=O) groups is 2. The van der Waals surface area contributed by atoms with E-state index in [1.807, 2.05) is 54.7 Å². The maximum atomic E-state index is 12.1. The van der Waals surface area contributed by atoms with Gasteiger partial charge in [0.1, 0.15) is 6.61 Å². The summed E-state index contributed by atoms with van der Waals surface area (Å²) in [6, 6.07) is 0. The molecular weight excluding hydrogens is 524 g/mol. The Labute approximate surface area is 257 Å². The molecule has 0 aliphatic rings. The Morgan fingerprint density at radius 3 is 1.67 bits per heavy atom. The minimum atomic E-state index is -0.803. The van der Waals surface area contributed by atoms with E-state index in [1.54, 1.807) is 0 Å². The molecule has 0 heterocycles. The van der Waals surface area contributed by atoms with E-state index < -0.39 is 6.10 Å². The average molecular weight is 585 g/mol. The first-order chi connectivity index (χ1) is 20.6. The van der Waals surface area contributed by atoms with Gasteiger partial charge in [-0.2, -0.15) is 0 Å². The number of allylic oxidation sites excluding steroid dienone is 12. The van der Waals surface area contributed by atoms with Crippen LogP contribution in [0.3, 0.4) is 0 Å². The van der Waals surface area contributed by atoms with Crippen molar-refractivity contribution in [1.82, 2.24) is 0 Å². The molecule has 0 saturated carbocycles. The number of aliphatic hydroxyl groups is 1. The minimum Gasteiger partial charge on any atom is -0.462 e. The molecule has 0 bridgehead atoms. The number of hydrogen-bond acceptors (Lipinski definition) is 5. The predicted octanol–water partition coefficient (Wildman–Crippen LogP) is 9.83. The Bertz CT molecular complexity index is 803. The fourth-order valence-electron chi connectivity index (χ4n) is 4.11. The lowest BCUT2D eigenvalue weighted by Gasteiger charge is -2.15. The topological polar surface area (TPSA) is 72.8 Å². The number of ether oxygens (including phenoxy) is 2. The highest BCUT2D eigenvalue weighted by Gasteiger charge is 2.15. The molecule has 0 aliphatic carbocycles. The third kappa shape index (κ3) is 30.3. The van der Waals surface area contributed by atoms with Crippen molar-refractivity contribution < 1.29 is 24.2 Å². The molecule has 42 heavy (non-hydrogen) atoms. The molecule has 0 aromatic heterocycles. The molecule has 0 radical (unpaired) electrons. The Morgan fingerprint density at radius 2 is 1.07 bits per heavy atom. The van der Waals surface area contributed by atoms with E-state index >= 15 is 0 Å². The SMILES string of the molecule is CC/C=C/C=C/C=C/C=C/C=C/CCCC(=O)OCC(CO)OC(=O)CCCCCCCCC/C=C/CCCCCC. The molecule has 0 aromatic rings. The molecule has 5 nitrogen and oxygen atoms in total. The van der Waals surface area contributed by atoms with Crippen LogP contribution in [0.15, 0.2) is 72.9 Å². The standard InChI is InChI=1S/C37H60O5/c1-3-5-7-9-11-13-15-17-18-20-22-24-26-28-30-32-37(40)42-35(33-38)34-41-36(39)31-29-27-25-23-21-19-16-14-12-10-8-6-4-2/h6,8,10,12-16,19,21,23,25,35,38H,3-5,7,9,11,17-18,20,22,24,26-34H2,1-2H3/b8-6+,12-10+,15-13+,16-14+,21-19+,25-23+. The van der Waals surface area contributed by atoms with Crippen LogP contribution in [0.2, 0.25) is 0 Å². The maximum Gasteiger partial charge on any atom is 0.306 e. The smallest absolute Gasteiger partial charge is 0.306 e. The first-order valence-electron chi connectivity index (χ1n) is 16.6. The van der Waals surface area contributed by atoms with E-state index in [4.69, 9.17) is 9.47 Å². The first kappa shape index (κ1) is 39.3. The first-order valence-corrected chi connectivity index (χ1v) is 16.6. The minimum absolute atomic E-state index is 0.108. The van der Waals surface area contributed by atoms with E-state index in [-0.39, 0.29) is 31.6 Å². The highest BCUT2D eigenvalue weighted by atomic mass is 16.6. The summed E-state index contributed by atoms with van der Waals surface area (Å²) in [6.45, 7) is 3.88.